The van der Waals surface area contributed by atoms with E-state index < -0.39 is 0 Å². The molecule has 0 saturated heterocycles. The van der Waals surface area contributed by atoms with Gasteiger partial charge in [0.05, 0.1) is 0 Å². The summed E-state index contributed by atoms with van der Waals surface area (Å²) in [6.45, 7) is 2.35. The first kappa shape index (κ1) is 11.9. The number of hydrogen-bond donors (Lipinski definition) is 1. The quantitative estimate of drug-likeness (QED) is 0.895. The van der Waals surface area contributed by atoms with Gasteiger partial charge >= 0.3 is 0 Å². The fraction of sp³-hybridized carbons (Fsp3) is 0.706. The van der Waals surface area contributed by atoms with Gasteiger partial charge in [-0.15, -0.1) is 0 Å². The number of aromatic nitrogens is 1. The second kappa shape index (κ2) is 4.31. The van der Waals surface area contributed by atoms with Crippen molar-refractivity contribution in [1.29, 1.82) is 0 Å². The van der Waals surface area contributed by atoms with Gasteiger partial charge in [0.15, 0.2) is 0 Å². The molecular formula is C17H24N2. The third-order valence-corrected chi connectivity index (χ3v) is 6.24. The molecule has 6 atom stereocenters. The molecule has 0 aliphatic heterocycles. The van der Waals surface area contributed by atoms with E-state index in [1.807, 2.05) is 12.3 Å². The molecule has 3 aliphatic carbocycles. The Balaban J connectivity index is 1.54. The van der Waals surface area contributed by atoms with Crippen molar-refractivity contribution in [2.24, 2.45) is 29.6 Å². The minimum absolute atomic E-state index is 0.529. The number of nitrogens with one attached hydrogen (secondary N) is 1. The van der Waals surface area contributed by atoms with E-state index in [-0.39, 0.29) is 0 Å². The summed E-state index contributed by atoms with van der Waals surface area (Å²) in [7, 11) is 2.14. The molecule has 4 rings (SSSR count). The molecule has 1 N–H and O–H groups in total. The summed E-state index contributed by atoms with van der Waals surface area (Å²) in [5, 5.41) is 3.62. The molecule has 6 unspecified atom stereocenters. The summed E-state index contributed by atoms with van der Waals surface area (Å²) >= 11 is 0. The van der Waals surface area contributed by atoms with Gasteiger partial charge in [-0.3, -0.25) is 4.98 Å². The number of pyridine rings is 1. The van der Waals surface area contributed by atoms with Crippen molar-refractivity contribution in [2.75, 3.05) is 7.05 Å². The fourth-order valence-corrected chi connectivity index (χ4v) is 5.48. The van der Waals surface area contributed by atoms with Crippen molar-refractivity contribution in [3.05, 3.63) is 30.1 Å². The average molecular weight is 256 g/mol. The first-order valence-corrected chi connectivity index (χ1v) is 7.89. The molecule has 3 aliphatic rings. The van der Waals surface area contributed by atoms with Crippen LogP contribution < -0.4 is 5.32 Å². The van der Waals surface area contributed by atoms with E-state index in [9.17, 15) is 0 Å². The highest BCUT2D eigenvalue weighted by Crippen LogP contribution is 2.70. The highest BCUT2D eigenvalue weighted by Gasteiger charge is 2.66. The molecule has 102 valence electrons. The molecular weight excluding hydrogens is 232 g/mol. The van der Waals surface area contributed by atoms with Crippen molar-refractivity contribution >= 4 is 0 Å². The largest absolute Gasteiger partial charge is 0.316 e. The van der Waals surface area contributed by atoms with E-state index in [1.54, 1.807) is 6.42 Å². The predicted molar refractivity (Wildman–Crippen MR) is 76.8 cm³/mol. The minimum atomic E-state index is 0.529. The van der Waals surface area contributed by atoms with Gasteiger partial charge in [-0.25, -0.2) is 0 Å². The van der Waals surface area contributed by atoms with Crippen LogP contribution in [0.25, 0.3) is 0 Å². The number of nitrogens with zero attached hydrogens (tertiary/aromatic N) is 1. The van der Waals surface area contributed by atoms with Crippen LogP contribution in [0.2, 0.25) is 0 Å². The van der Waals surface area contributed by atoms with E-state index in [1.165, 1.54) is 18.5 Å². The second-order valence-electron chi connectivity index (χ2n) is 6.92. The van der Waals surface area contributed by atoms with Gasteiger partial charge in [-0.1, -0.05) is 13.0 Å². The molecule has 0 radical (unpaired) electrons. The summed E-state index contributed by atoms with van der Waals surface area (Å²) in [6.07, 6.45) is 6.49. The van der Waals surface area contributed by atoms with E-state index in [0.717, 1.165) is 29.6 Å². The zero-order chi connectivity index (χ0) is 13.0. The molecule has 2 bridgehead atoms. The molecule has 0 amide bonds. The number of rotatable bonds is 4. The van der Waals surface area contributed by atoms with Gasteiger partial charge in [-0.2, -0.15) is 0 Å². The summed E-state index contributed by atoms with van der Waals surface area (Å²) in [6, 6.07) is 6.93. The Labute approximate surface area is 116 Å². The van der Waals surface area contributed by atoms with Gasteiger partial charge in [0, 0.05) is 23.9 Å². The minimum Gasteiger partial charge on any atom is -0.316 e. The van der Waals surface area contributed by atoms with Crippen molar-refractivity contribution in [2.45, 2.75) is 38.1 Å². The molecule has 3 fully saturated rings. The van der Waals surface area contributed by atoms with Crippen LogP contribution in [0, 0.1) is 29.6 Å². The van der Waals surface area contributed by atoms with Crippen molar-refractivity contribution < 1.29 is 0 Å². The highest BCUT2D eigenvalue weighted by molar-refractivity contribution is 5.20. The van der Waals surface area contributed by atoms with Gasteiger partial charge < -0.3 is 5.32 Å². The maximum absolute atomic E-state index is 4.57. The summed E-state index contributed by atoms with van der Waals surface area (Å²) < 4.78 is 0. The van der Waals surface area contributed by atoms with Crippen molar-refractivity contribution in [3.8, 4) is 0 Å². The summed E-state index contributed by atoms with van der Waals surface area (Å²) in [4.78, 5) is 4.57. The van der Waals surface area contributed by atoms with Crippen LogP contribution in [-0.2, 0) is 0 Å². The highest BCUT2D eigenvalue weighted by atomic mass is 14.9. The molecule has 2 heteroatoms. The molecule has 1 heterocycles. The standard InChI is InChI=1S/C17H24N2/c1-10(13-5-3-4-8-19-13)17(18-2)16-14-11-6-7-12(9-11)15(14)16/h3-5,8,10-12,14-18H,6-7,9H2,1-2H3. The summed E-state index contributed by atoms with van der Waals surface area (Å²) in [5.41, 5.74) is 1.25. The molecule has 3 saturated carbocycles. The van der Waals surface area contributed by atoms with E-state index in [2.05, 4.69) is 36.4 Å². The smallest absolute Gasteiger partial charge is 0.0447 e. The molecule has 0 aromatic carbocycles. The van der Waals surface area contributed by atoms with Crippen LogP contribution >= 0.6 is 0 Å². The predicted octanol–water partition coefficient (Wildman–Crippen LogP) is 3.07. The van der Waals surface area contributed by atoms with E-state index in [4.69, 9.17) is 0 Å². The van der Waals surface area contributed by atoms with Crippen molar-refractivity contribution in [3.63, 3.8) is 0 Å². The Kier molecular flexibility index (Phi) is 2.70. The monoisotopic (exact) mass is 256 g/mol. The lowest BCUT2D eigenvalue weighted by Crippen LogP contribution is -2.35. The van der Waals surface area contributed by atoms with E-state index >= 15 is 0 Å². The molecule has 1 aromatic heterocycles. The van der Waals surface area contributed by atoms with Crippen LogP contribution in [0.5, 0.6) is 0 Å². The zero-order valence-electron chi connectivity index (χ0n) is 11.9. The Morgan fingerprint density at radius 1 is 1.21 bits per heavy atom. The topological polar surface area (TPSA) is 24.9 Å². The van der Waals surface area contributed by atoms with Crippen LogP contribution in [-0.4, -0.2) is 18.1 Å². The molecule has 0 spiro atoms. The Morgan fingerprint density at radius 2 is 1.95 bits per heavy atom. The van der Waals surface area contributed by atoms with Crippen LogP contribution in [0.1, 0.15) is 37.8 Å². The lowest BCUT2D eigenvalue weighted by atomic mass is 9.88. The van der Waals surface area contributed by atoms with E-state index in [0.29, 0.717) is 12.0 Å². The van der Waals surface area contributed by atoms with Gasteiger partial charge in [0.2, 0.25) is 0 Å². The Bertz CT molecular complexity index is 442. The van der Waals surface area contributed by atoms with Gasteiger partial charge in [0.1, 0.15) is 0 Å². The Morgan fingerprint density at radius 3 is 2.53 bits per heavy atom. The van der Waals surface area contributed by atoms with Gasteiger partial charge in [-0.05, 0) is 68.0 Å². The molecule has 1 aromatic rings. The lowest BCUT2D eigenvalue weighted by molar-refractivity contribution is 0.343. The fourth-order valence-electron chi connectivity index (χ4n) is 5.48. The maximum atomic E-state index is 4.57. The second-order valence-corrected chi connectivity index (χ2v) is 6.92. The first-order chi connectivity index (χ1) is 9.31. The lowest BCUT2D eigenvalue weighted by Gasteiger charge is -2.26. The number of hydrogen-bond acceptors (Lipinski definition) is 2. The SMILES string of the molecule is CNC(C(C)c1ccccn1)C1C2C3CCC(C3)C21. The van der Waals surface area contributed by atoms with Crippen LogP contribution in [0.3, 0.4) is 0 Å². The van der Waals surface area contributed by atoms with Crippen LogP contribution in [0.15, 0.2) is 24.4 Å². The normalized spacial score (nSPS) is 41.9. The summed E-state index contributed by atoms with van der Waals surface area (Å²) in [5.74, 6) is 5.66. The molecule has 2 nitrogen and oxygen atoms in total. The average Bonchev–Trinajstić information content (AvgIpc) is 2.88. The number of likely N-dealkylation sites (N-methyl/N-ethyl adjacent to an activating group) is 1. The third-order valence-electron chi connectivity index (χ3n) is 6.24. The Hall–Kier alpha value is -0.890. The number of fused-ring (bicyclic) bond motifs is 5. The van der Waals surface area contributed by atoms with Gasteiger partial charge in [0.25, 0.3) is 0 Å². The maximum Gasteiger partial charge on any atom is 0.0447 e. The van der Waals surface area contributed by atoms with Crippen LogP contribution in [0.4, 0.5) is 0 Å². The zero-order valence-corrected chi connectivity index (χ0v) is 11.9. The molecule has 19 heavy (non-hydrogen) atoms. The third kappa shape index (κ3) is 1.69. The first-order valence-electron chi connectivity index (χ1n) is 7.89. The van der Waals surface area contributed by atoms with Crippen molar-refractivity contribution in [1.82, 2.24) is 10.3 Å².